The second-order valence-corrected chi connectivity index (χ2v) is 5.90. The van der Waals surface area contributed by atoms with E-state index in [1.165, 1.54) is 30.7 Å². The van der Waals surface area contributed by atoms with Gasteiger partial charge in [0.25, 0.3) is 0 Å². The predicted octanol–water partition coefficient (Wildman–Crippen LogP) is 2.48. The molecule has 16 heavy (non-hydrogen) atoms. The number of thioether (sulfide) groups is 1. The van der Waals surface area contributed by atoms with E-state index in [9.17, 15) is 0 Å². The molecule has 4 heteroatoms. The number of imidazole rings is 1. The van der Waals surface area contributed by atoms with Gasteiger partial charge in [-0.15, -0.1) is 0 Å². The van der Waals surface area contributed by atoms with Crippen molar-refractivity contribution in [2.45, 2.75) is 50.9 Å². The van der Waals surface area contributed by atoms with Crippen LogP contribution in [0.1, 0.15) is 37.6 Å². The van der Waals surface area contributed by atoms with Gasteiger partial charge < -0.3 is 10.3 Å². The Morgan fingerprint density at radius 2 is 2.44 bits per heavy atom. The van der Waals surface area contributed by atoms with Gasteiger partial charge in [0.15, 0.2) is 0 Å². The fourth-order valence-corrected chi connectivity index (χ4v) is 3.59. The van der Waals surface area contributed by atoms with E-state index in [0.29, 0.717) is 6.04 Å². The number of rotatable bonds is 5. The minimum atomic E-state index is 0.682. The van der Waals surface area contributed by atoms with Crippen LogP contribution in [0.2, 0.25) is 0 Å². The molecule has 2 atom stereocenters. The average molecular weight is 239 g/mol. The highest BCUT2D eigenvalue weighted by Crippen LogP contribution is 2.29. The standard InChI is InChI=1S/C12H21N3S/c1-3-16-12-6-4-5-10(12)13-7-11-9(2)14-8-15-11/h8,10,12-13H,3-7H2,1-2H3,(H,14,15). The van der Waals surface area contributed by atoms with Crippen LogP contribution in [0.5, 0.6) is 0 Å². The highest BCUT2D eigenvalue weighted by molar-refractivity contribution is 7.99. The lowest BCUT2D eigenvalue weighted by Crippen LogP contribution is -2.34. The summed E-state index contributed by atoms with van der Waals surface area (Å²) in [5.74, 6) is 1.23. The second kappa shape index (κ2) is 5.73. The van der Waals surface area contributed by atoms with Crippen molar-refractivity contribution >= 4 is 11.8 Å². The summed E-state index contributed by atoms with van der Waals surface area (Å²) in [6.07, 6.45) is 5.84. The lowest BCUT2D eigenvalue weighted by Gasteiger charge is -2.19. The number of hydrogen-bond acceptors (Lipinski definition) is 3. The van der Waals surface area contributed by atoms with Crippen molar-refractivity contribution < 1.29 is 0 Å². The molecule has 0 radical (unpaired) electrons. The molecular weight excluding hydrogens is 218 g/mol. The van der Waals surface area contributed by atoms with Crippen molar-refractivity contribution in [1.29, 1.82) is 0 Å². The van der Waals surface area contributed by atoms with Crippen molar-refractivity contribution in [1.82, 2.24) is 15.3 Å². The van der Waals surface area contributed by atoms with Crippen LogP contribution in [-0.4, -0.2) is 27.0 Å². The first-order valence-corrected chi connectivity index (χ1v) is 7.20. The van der Waals surface area contributed by atoms with Crippen LogP contribution in [0.3, 0.4) is 0 Å². The molecule has 2 rings (SSSR count). The molecule has 0 aliphatic heterocycles. The van der Waals surface area contributed by atoms with Crippen molar-refractivity contribution in [3.8, 4) is 0 Å². The predicted molar refractivity (Wildman–Crippen MR) is 69.7 cm³/mol. The van der Waals surface area contributed by atoms with Gasteiger partial charge in [-0.2, -0.15) is 11.8 Å². The fraction of sp³-hybridized carbons (Fsp3) is 0.750. The van der Waals surface area contributed by atoms with E-state index in [1.807, 2.05) is 0 Å². The maximum Gasteiger partial charge on any atom is 0.0925 e. The first kappa shape index (κ1) is 12.0. The minimum absolute atomic E-state index is 0.682. The lowest BCUT2D eigenvalue weighted by atomic mass is 10.2. The third-order valence-electron chi connectivity index (χ3n) is 3.30. The van der Waals surface area contributed by atoms with Gasteiger partial charge in [0.1, 0.15) is 0 Å². The molecule has 0 bridgehead atoms. The van der Waals surface area contributed by atoms with Gasteiger partial charge in [-0.3, -0.25) is 0 Å². The highest BCUT2D eigenvalue weighted by atomic mass is 32.2. The van der Waals surface area contributed by atoms with Gasteiger partial charge in [-0.25, -0.2) is 4.98 Å². The van der Waals surface area contributed by atoms with Crippen LogP contribution >= 0.6 is 11.8 Å². The Morgan fingerprint density at radius 3 is 3.12 bits per heavy atom. The minimum Gasteiger partial charge on any atom is -0.348 e. The summed E-state index contributed by atoms with van der Waals surface area (Å²) in [7, 11) is 0. The molecule has 3 nitrogen and oxygen atoms in total. The van der Waals surface area contributed by atoms with Gasteiger partial charge >= 0.3 is 0 Å². The molecule has 2 unspecified atom stereocenters. The monoisotopic (exact) mass is 239 g/mol. The van der Waals surface area contributed by atoms with E-state index >= 15 is 0 Å². The van der Waals surface area contributed by atoms with E-state index < -0.39 is 0 Å². The van der Waals surface area contributed by atoms with E-state index in [2.05, 4.69) is 40.9 Å². The normalized spacial score (nSPS) is 25.1. The van der Waals surface area contributed by atoms with Crippen LogP contribution < -0.4 is 5.32 Å². The molecule has 1 aliphatic rings. The molecule has 1 saturated carbocycles. The van der Waals surface area contributed by atoms with Gasteiger partial charge in [-0.1, -0.05) is 13.3 Å². The van der Waals surface area contributed by atoms with Crippen LogP contribution in [0.15, 0.2) is 6.33 Å². The SMILES string of the molecule is CCSC1CCCC1NCc1nc[nH]c1C. The Hall–Kier alpha value is -0.480. The first-order chi connectivity index (χ1) is 7.81. The van der Waals surface area contributed by atoms with Crippen LogP contribution in [0.4, 0.5) is 0 Å². The van der Waals surface area contributed by atoms with Crippen molar-refractivity contribution in [2.24, 2.45) is 0 Å². The number of aromatic nitrogens is 2. The van der Waals surface area contributed by atoms with E-state index in [0.717, 1.165) is 17.5 Å². The van der Waals surface area contributed by atoms with E-state index in [4.69, 9.17) is 0 Å². The Bertz CT molecular complexity index is 324. The lowest BCUT2D eigenvalue weighted by molar-refractivity contribution is 0.527. The topological polar surface area (TPSA) is 40.7 Å². The molecule has 1 aromatic heterocycles. The van der Waals surface area contributed by atoms with Crippen molar-refractivity contribution in [3.63, 3.8) is 0 Å². The molecule has 1 heterocycles. The smallest absolute Gasteiger partial charge is 0.0925 e. The largest absolute Gasteiger partial charge is 0.348 e. The van der Waals surface area contributed by atoms with E-state index in [-0.39, 0.29) is 0 Å². The molecule has 1 aliphatic carbocycles. The Morgan fingerprint density at radius 1 is 1.56 bits per heavy atom. The average Bonchev–Trinajstić information content (AvgIpc) is 2.86. The molecular formula is C12H21N3S. The summed E-state index contributed by atoms with van der Waals surface area (Å²) in [5, 5.41) is 4.47. The fourth-order valence-electron chi connectivity index (χ4n) is 2.37. The zero-order chi connectivity index (χ0) is 11.4. The number of aryl methyl sites for hydroxylation is 1. The molecule has 0 aromatic carbocycles. The maximum atomic E-state index is 4.32. The van der Waals surface area contributed by atoms with Crippen LogP contribution in [0, 0.1) is 6.92 Å². The second-order valence-electron chi connectivity index (χ2n) is 4.39. The summed E-state index contributed by atoms with van der Waals surface area (Å²) in [4.78, 5) is 7.45. The summed E-state index contributed by atoms with van der Waals surface area (Å²) < 4.78 is 0. The zero-order valence-corrected chi connectivity index (χ0v) is 10.9. The Kier molecular flexibility index (Phi) is 4.29. The van der Waals surface area contributed by atoms with Gasteiger partial charge in [0.2, 0.25) is 0 Å². The molecule has 0 spiro atoms. The number of H-pyrrole nitrogens is 1. The van der Waals surface area contributed by atoms with Gasteiger partial charge in [0.05, 0.1) is 12.0 Å². The van der Waals surface area contributed by atoms with Gasteiger partial charge in [0, 0.05) is 23.5 Å². The third-order valence-corrected chi connectivity index (χ3v) is 4.63. The molecule has 90 valence electrons. The molecule has 0 amide bonds. The third kappa shape index (κ3) is 2.80. The number of nitrogens with one attached hydrogen (secondary N) is 2. The van der Waals surface area contributed by atoms with Crippen molar-refractivity contribution in [3.05, 3.63) is 17.7 Å². The molecule has 1 fully saturated rings. The highest BCUT2D eigenvalue weighted by Gasteiger charge is 2.26. The number of nitrogens with zero attached hydrogens (tertiary/aromatic N) is 1. The Labute approximate surface area is 102 Å². The number of hydrogen-bond donors (Lipinski definition) is 2. The maximum absolute atomic E-state index is 4.32. The summed E-state index contributed by atoms with van der Waals surface area (Å²) in [6, 6.07) is 0.682. The molecule has 0 saturated heterocycles. The summed E-state index contributed by atoms with van der Waals surface area (Å²) in [5.41, 5.74) is 2.34. The summed E-state index contributed by atoms with van der Waals surface area (Å²) >= 11 is 2.10. The Balaban J connectivity index is 1.83. The number of aromatic amines is 1. The first-order valence-electron chi connectivity index (χ1n) is 6.15. The molecule has 1 aromatic rings. The summed E-state index contributed by atoms with van der Waals surface area (Å²) in [6.45, 7) is 5.23. The van der Waals surface area contributed by atoms with Crippen LogP contribution in [-0.2, 0) is 6.54 Å². The van der Waals surface area contributed by atoms with E-state index in [1.54, 1.807) is 6.33 Å². The quantitative estimate of drug-likeness (QED) is 0.829. The van der Waals surface area contributed by atoms with Crippen molar-refractivity contribution in [2.75, 3.05) is 5.75 Å². The van der Waals surface area contributed by atoms with Gasteiger partial charge in [-0.05, 0) is 25.5 Å². The van der Waals surface area contributed by atoms with Crippen LogP contribution in [0.25, 0.3) is 0 Å². The zero-order valence-electron chi connectivity index (χ0n) is 10.1. The molecule has 2 N–H and O–H groups in total.